The molecule has 2 heterocycles. The summed E-state index contributed by atoms with van der Waals surface area (Å²) in [6.07, 6.45) is 2.96. The Labute approximate surface area is 185 Å². The Morgan fingerprint density at radius 1 is 0.615 bits per heavy atom. The highest BCUT2D eigenvalue weighted by atomic mass is 128. The molecule has 0 saturated carbocycles. The maximum atomic E-state index is 5.86. The van der Waals surface area contributed by atoms with E-state index in [9.17, 15) is 0 Å². The second kappa shape index (κ2) is 14.3. The van der Waals surface area contributed by atoms with E-state index in [-0.39, 0.29) is 12.6 Å². The van der Waals surface area contributed by atoms with Gasteiger partial charge in [0.05, 0.1) is 12.2 Å². The molecule has 2 saturated heterocycles. The molecular formula is C20H40I2O4. The fraction of sp³-hybridized carbons (Fsp3) is 1.00. The van der Waals surface area contributed by atoms with E-state index >= 15 is 0 Å². The lowest BCUT2D eigenvalue weighted by atomic mass is 9.78. The van der Waals surface area contributed by atoms with Crippen molar-refractivity contribution in [1.29, 1.82) is 0 Å². The SMILES string of the molecule is CCC1OC(OC)C(C)C(C)C1C.CCC1OC(OC)C(C)C1C.II. The Kier molecular flexibility index (Phi) is 15.0. The molecule has 0 aromatic carbocycles. The Morgan fingerprint density at radius 3 is 1.23 bits per heavy atom. The maximum absolute atomic E-state index is 5.86. The van der Waals surface area contributed by atoms with Gasteiger partial charge in [0.15, 0.2) is 12.6 Å². The Balaban J connectivity index is 0.000000444. The predicted molar refractivity (Wildman–Crippen MR) is 126 cm³/mol. The predicted octanol–water partition coefficient (Wildman–Crippen LogP) is 6.49. The summed E-state index contributed by atoms with van der Waals surface area (Å²) in [7, 11) is 3.45. The molecular weight excluding hydrogens is 558 g/mol. The van der Waals surface area contributed by atoms with E-state index in [0.29, 0.717) is 41.8 Å². The average Bonchev–Trinajstić information content (AvgIpc) is 2.96. The van der Waals surface area contributed by atoms with Crippen molar-refractivity contribution in [2.24, 2.45) is 29.6 Å². The lowest BCUT2D eigenvalue weighted by molar-refractivity contribution is -0.237. The number of rotatable bonds is 4. The van der Waals surface area contributed by atoms with Crippen molar-refractivity contribution in [3.8, 4) is 0 Å². The monoisotopic (exact) mass is 598 g/mol. The maximum Gasteiger partial charge on any atom is 0.160 e. The van der Waals surface area contributed by atoms with E-state index < -0.39 is 0 Å². The van der Waals surface area contributed by atoms with Crippen LogP contribution in [0.4, 0.5) is 0 Å². The molecule has 0 bridgehead atoms. The molecule has 4 nitrogen and oxygen atoms in total. The van der Waals surface area contributed by atoms with Gasteiger partial charge < -0.3 is 18.9 Å². The van der Waals surface area contributed by atoms with Crippen molar-refractivity contribution in [2.75, 3.05) is 14.2 Å². The van der Waals surface area contributed by atoms with Crippen molar-refractivity contribution in [3.63, 3.8) is 0 Å². The van der Waals surface area contributed by atoms with Crippen LogP contribution in [0, 0.1) is 29.6 Å². The quantitative estimate of drug-likeness (QED) is 0.347. The molecule has 0 aromatic rings. The Bertz CT molecular complexity index is 321. The van der Waals surface area contributed by atoms with Gasteiger partial charge in [0.1, 0.15) is 0 Å². The Hall–Kier alpha value is 1.30. The number of hydrogen-bond donors (Lipinski definition) is 0. The fourth-order valence-corrected chi connectivity index (χ4v) is 3.97. The highest BCUT2D eigenvalue weighted by Gasteiger charge is 2.38. The van der Waals surface area contributed by atoms with Crippen LogP contribution in [0.1, 0.15) is 61.3 Å². The highest BCUT2D eigenvalue weighted by Crippen LogP contribution is 2.36. The summed E-state index contributed by atoms with van der Waals surface area (Å²) in [5.41, 5.74) is 0. The molecule has 0 spiro atoms. The van der Waals surface area contributed by atoms with Gasteiger partial charge in [-0.1, -0.05) is 48.5 Å². The fourth-order valence-electron chi connectivity index (χ4n) is 3.97. The third kappa shape index (κ3) is 7.28. The van der Waals surface area contributed by atoms with Crippen LogP contribution in [0.5, 0.6) is 0 Å². The van der Waals surface area contributed by atoms with Crippen LogP contribution >= 0.6 is 37.2 Å². The molecule has 2 aliphatic rings. The lowest BCUT2D eigenvalue weighted by Crippen LogP contribution is -2.45. The van der Waals surface area contributed by atoms with Gasteiger partial charge in [0.25, 0.3) is 0 Å². The highest BCUT2D eigenvalue weighted by molar-refractivity contribution is 15.0. The topological polar surface area (TPSA) is 36.9 Å². The molecule has 9 unspecified atom stereocenters. The van der Waals surface area contributed by atoms with Gasteiger partial charge in [-0.25, -0.2) is 0 Å². The molecule has 2 rings (SSSR count). The summed E-state index contributed by atoms with van der Waals surface area (Å²) < 4.78 is 22.1. The smallest absolute Gasteiger partial charge is 0.160 e. The minimum atomic E-state index is -0.00356. The van der Waals surface area contributed by atoms with Gasteiger partial charge in [-0.15, -0.1) is 0 Å². The first-order valence-corrected chi connectivity index (χ1v) is 16.1. The summed E-state index contributed by atoms with van der Waals surface area (Å²) in [6.45, 7) is 15.5. The molecule has 6 heteroatoms. The molecule has 0 radical (unpaired) electrons. The second-order valence-electron chi connectivity index (χ2n) is 7.67. The van der Waals surface area contributed by atoms with E-state index in [1.54, 1.807) is 14.2 Å². The van der Waals surface area contributed by atoms with Crippen LogP contribution in [0.15, 0.2) is 0 Å². The van der Waals surface area contributed by atoms with E-state index in [0.717, 1.165) is 12.8 Å². The largest absolute Gasteiger partial charge is 0.356 e. The van der Waals surface area contributed by atoms with Crippen LogP contribution in [-0.2, 0) is 18.9 Å². The summed E-state index contributed by atoms with van der Waals surface area (Å²) in [6, 6.07) is 0. The Morgan fingerprint density at radius 2 is 0.923 bits per heavy atom. The zero-order chi connectivity index (χ0) is 20.4. The lowest BCUT2D eigenvalue weighted by Gasteiger charge is -2.42. The molecule has 2 fully saturated rings. The minimum Gasteiger partial charge on any atom is -0.356 e. The number of methoxy groups -OCH3 is 2. The third-order valence-electron chi connectivity index (χ3n) is 6.41. The van der Waals surface area contributed by atoms with Crippen molar-refractivity contribution >= 4 is 37.2 Å². The molecule has 0 aliphatic carbocycles. The molecule has 2 aliphatic heterocycles. The zero-order valence-electron chi connectivity index (χ0n) is 18.0. The van der Waals surface area contributed by atoms with Crippen molar-refractivity contribution in [1.82, 2.24) is 0 Å². The van der Waals surface area contributed by atoms with E-state index in [1.807, 2.05) is 0 Å². The van der Waals surface area contributed by atoms with Crippen LogP contribution in [0.25, 0.3) is 0 Å². The number of ether oxygens (including phenoxy) is 4. The molecule has 0 aromatic heterocycles. The summed E-state index contributed by atoms with van der Waals surface area (Å²) in [5, 5.41) is 0. The third-order valence-corrected chi connectivity index (χ3v) is 6.41. The van der Waals surface area contributed by atoms with E-state index in [1.165, 1.54) is 0 Å². The standard InChI is InChI=1S/C11H22O2.C9H18O2.I2/c1-6-10-8(3)7(2)9(4)11(12-5)13-10;1-5-8-6(2)7(3)9(10-4)11-8;1-2/h7-11H,6H2,1-5H3;6-9H,5H2,1-4H3;. The van der Waals surface area contributed by atoms with Gasteiger partial charge in [0.2, 0.25) is 0 Å². The van der Waals surface area contributed by atoms with Crippen molar-refractivity contribution in [3.05, 3.63) is 0 Å². The summed E-state index contributed by atoms with van der Waals surface area (Å²) >= 11 is 4.24. The second-order valence-corrected chi connectivity index (χ2v) is 7.67. The van der Waals surface area contributed by atoms with Crippen molar-refractivity contribution in [2.45, 2.75) is 86.1 Å². The van der Waals surface area contributed by atoms with E-state index in [4.69, 9.17) is 18.9 Å². The van der Waals surface area contributed by atoms with E-state index in [2.05, 4.69) is 85.7 Å². The van der Waals surface area contributed by atoms with Gasteiger partial charge in [-0.2, -0.15) is 0 Å². The van der Waals surface area contributed by atoms with Crippen LogP contribution < -0.4 is 0 Å². The average molecular weight is 598 g/mol. The van der Waals surface area contributed by atoms with Gasteiger partial charge >= 0.3 is 0 Å². The zero-order valence-corrected chi connectivity index (χ0v) is 22.3. The first-order valence-electron chi connectivity index (χ1n) is 9.82. The van der Waals surface area contributed by atoms with Gasteiger partial charge in [-0.05, 0) is 30.6 Å². The van der Waals surface area contributed by atoms with Crippen LogP contribution in [-0.4, -0.2) is 39.0 Å². The van der Waals surface area contributed by atoms with Crippen molar-refractivity contribution < 1.29 is 18.9 Å². The number of hydrogen-bond acceptors (Lipinski definition) is 4. The van der Waals surface area contributed by atoms with Crippen LogP contribution in [0.2, 0.25) is 0 Å². The first kappa shape index (κ1) is 27.3. The normalized spacial score (nSPS) is 42.3. The molecule has 26 heavy (non-hydrogen) atoms. The summed E-state index contributed by atoms with van der Waals surface area (Å²) in [5.74, 6) is 2.99. The molecule has 0 N–H and O–H groups in total. The minimum absolute atomic E-state index is 0.00356. The van der Waals surface area contributed by atoms with Gasteiger partial charge in [0, 0.05) is 63.3 Å². The molecule has 9 atom stereocenters. The van der Waals surface area contributed by atoms with Gasteiger partial charge in [-0.3, -0.25) is 0 Å². The first-order chi connectivity index (χ1) is 12.3. The molecule has 158 valence electrons. The number of halogens is 2. The molecule has 0 amide bonds. The van der Waals surface area contributed by atoms with Crippen LogP contribution in [0.3, 0.4) is 0 Å². The summed E-state index contributed by atoms with van der Waals surface area (Å²) in [4.78, 5) is 0.